The zero-order valence-corrected chi connectivity index (χ0v) is 12.9. The first-order chi connectivity index (χ1) is 9.80. The number of hydrogen-bond donors (Lipinski definition) is 2. The van der Waals surface area contributed by atoms with Crippen LogP contribution in [0, 0.1) is 17.8 Å². The third kappa shape index (κ3) is 3.73. The minimum atomic E-state index is -0.936. The number of allylic oxidation sites excluding steroid dienone is 7. The fourth-order valence-electron chi connectivity index (χ4n) is 3.85. The molecular weight excluding hydrogens is 264 g/mol. The lowest BCUT2D eigenvalue weighted by molar-refractivity contribution is -0.131. The van der Waals surface area contributed by atoms with Crippen LogP contribution in [-0.2, 0) is 4.79 Å². The third-order valence-electron chi connectivity index (χ3n) is 4.55. The van der Waals surface area contributed by atoms with Gasteiger partial charge in [-0.25, -0.2) is 4.79 Å². The second-order valence-electron chi connectivity index (χ2n) is 6.63. The summed E-state index contributed by atoms with van der Waals surface area (Å²) in [6.07, 6.45) is 12.4. The topological polar surface area (TPSA) is 57.5 Å². The summed E-state index contributed by atoms with van der Waals surface area (Å²) < 4.78 is 0. The third-order valence-corrected chi connectivity index (χ3v) is 4.55. The van der Waals surface area contributed by atoms with E-state index in [0.717, 1.165) is 18.9 Å². The maximum atomic E-state index is 10.5. The minimum Gasteiger partial charge on any atom is -0.478 e. The van der Waals surface area contributed by atoms with Crippen molar-refractivity contribution in [3.05, 3.63) is 47.6 Å². The molecule has 0 heterocycles. The molecule has 0 aromatic heterocycles. The average molecular weight is 288 g/mol. The summed E-state index contributed by atoms with van der Waals surface area (Å²) in [6, 6.07) is 0. The van der Waals surface area contributed by atoms with E-state index in [-0.39, 0.29) is 0 Å². The summed E-state index contributed by atoms with van der Waals surface area (Å²) in [5, 5.41) is 19.0. The van der Waals surface area contributed by atoms with E-state index < -0.39 is 11.6 Å². The Bertz CT molecular complexity index is 535. The summed E-state index contributed by atoms with van der Waals surface area (Å²) in [5.74, 6) is 0.232. The van der Waals surface area contributed by atoms with Crippen molar-refractivity contribution in [3.8, 4) is 0 Å². The van der Waals surface area contributed by atoms with Crippen molar-refractivity contribution in [2.75, 3.05) is 0 Å². The van der Waals surface area contributed by atoms with Crippen molar-refractivity contribution in [1.82, 2.24) is 0 Å². The average Bonchev–Trinajstić information content (AvgIpc) is 2.35. The normalized spacial score (nSPS) is 36.5. The molecule has 2 aliphatic rings. The van der Waals surface area contributed by atoms with E-state index in [0.29, 0.717) is 17.8 Å². The zero-order valence-electron chi connectivity index (χ0n) is 12.9. The van der Waals surface area contributed by atoms with Crippen molar-refractivity contribution in [3.63, 3.8) is 0 Å². The summed E-state index contributed by atoms with van der Waals surface area (Å²) in [7, 11) is 0. The minimum absolute atomic E-state index is 0.357. The SMILES string of the molecule is CC1=C(C=CC=CC(=O)O)C2C(C)CC(C)(O)CC2C=C1. The highest BCUT2D eigenvalue weighted by molar-refractivity contribution is 5.80. The molecule has 4 unspecified atom stereocenters. The fraction of sp³-hybridized carbons (Fsp3) is 0.500. The van der Waals surface area contributed by atoms with E-state index >= 15 is 0 Å². The molecule has 0 spiro atoms. The molecule has 3 heteroatoms. The Hall–Kier alpha value is -1.61. The van der Waals surface area contributed by atoms with Crippen LogP contribution in [0.5, 0.6) is 0 Å². The molecule has 1 fully saturated rings. The van der Waals surface area contributed by atoms with E-state index in [1.54, 1.807) is 12.2 Å². The lowest BCUT2D eigenvalue weighted by atomic mass is 9.62. The molecule has 0 radical (unpaired) electrons. The highest BCUT2D eigenvalue weighted by Gasteiger charge is 2.42. The van der Waals surface area contributed by atoms with Gasteiger partial charge in [-0.15, -0.1) is 0 Å². The van der Waals surface area contributed by atoms with Crippen LogP contribution in [-0.4, -0.2) is 21.8 Å². The number of fused-ring (bicyclic) bond motifs is 1. The van der Waals surface area contributed by atoms with Gasteiger partial charge in [0.25, 0.3) is 0 Å². The maximum Gasteiger partial charge on any atom is 0.328 e. The van der Waals surface area contributed by atoms with E-state index in [1.807, 2.05) is 13.0 Å². The Morgan fingerprint density at radius 1 is 1.38 bits per heavy atom. The van der Waals surface area contributed by atoms with E-state index in [1.165, 1.54) is 11.1 Å². The van der Waals surface area contributed by atoms with Gasteiger partial charge in [-0.3, -0.25) is 0 Å². The summed E-state index contributed by atoms with van der Waals surface area (Å²) in [4.78, 5) is 10.5. The first kappa shape index (κ1) is 15.8. The Morgan fingerprint density at radius 3 is 2.76 bits per heavy atom. The fourth-order valence-corrected chi connectivity index (χ4v) is 3.85. The number of aliphatic hydroxyl groups is 1. The molecule has 4 atom stereocenters. The van der Waals surface area contributed by atoms with E-state index in [4.69, 9.17) is 5.11 Å². The number of carbonyl (C=O) groups is 1. The molecule has 114 valence electrons. The van der Waals surface area contributed by atoms with Crippen LogP contribution in [0.15, 0.2) is 47.6 Å². The predicted octanol–water partition coefficient (Wildman–Crippen LogP) is 3.48. The molecule has 0 aliphatic heterocycles. The standard InChI is InChI=1S/C18H24O3/c1-12-8-9-14-11-18(3,21)10-13(2)17(14)15(12)6-4-5-7-16(19)20/h4-9,13-14,17,21H,10-11H2,1-3H3,(H,19,20). The quantitative estimate of drug-likeness (QED) is 0.617. The van der Waals surface area contributed by atoms with Gasteiger partial charge >= 0.3 is 5.97 Å². The van der Waals surface area contributed by atoms with Crippen molar-refractivity contribution in [2.24, 2.45) is 17.8 Å². The van der Waals surface area contributed by atoms with E-state index in [2.05, 4.69) is 26.0 Å². The number of aliphatic carboxylic acids is 1. The van der Waals surface area contributed by atoms with Gasteiger partial charge in [-0.05, 0) is 55.6 Å². The highest BCUT2D eigenvalue weighted by Crippen LogP contribution is 2.47. The number of carboxylic acids is 1. The molecule has 0 amide bonds. The van der Waals surface area contributed by atoms with Crippen LogP contribution >= 0.6 is 0 Å². The summed E-state index contributed by atoms with van der Waals surface area (Å²) in [6.45, 7) is 6.20. The van der Waals surface area contributed by atoms with Gasteiger partial charge in [0.05, 0.1) is 5.60 Å². The predicted molar refractivity (Wildman–Crippen MR) is 83.8 cm³/mol. The smallest absolute Gasteiger partial charge is 0.328 e. The lowest BCUT2D eigenvalue weighted by Crippen LogP contribution is -2.42. The Balaban J connectivity index is 2.23. The maximum absolute atomic E-state index is 10.5. The zero-order chi connectivity index (χ0) is 15.6. The molecule has 0 aromatic rings. The Morgan fingerprint density at radius 2 is 2.10 bits per heavy atom. The summed E-state index contributed by atoms with van der Waals surface area (Å²) in [5.41, 5.74) is 1.90. The molecule has 0 bridgehead atoms. The van der Waals surface area contributed by atoms with Crippen molar-refractivity contribution < 1.29 is 15.0 Å². The molecule has 2 N–H and O–H groups in total. The van der Waals surface area contributed by atoms with Crippen molar-refractivity contribution >= 4 is 5.97 Å². The number of hydrogen-bond acceptors (Lipinski definition) is 2. The number of carboxylic acid groups (broad SMARTS) is 1. The van der Waals surface area contributed by atoms with Crippen molar-refractivity contribution in [2.45, 2.75) is 39.2 Å². The van der Waals surface area contributed by atoms with Gasteiger partial charge in [-0.1, -0.05) is 37.3 Å². The second-order valence-corrected chi connectivity index (χ2v) is 6.63. The van der Waals surface area contributed by atoms with Crippen LogP contribution in [0.2, 0.25) is 0 Å². The highest BCUT2D eigenvalue weighted by atomic mass is 16.4. The first-order valence-electron chi connectivity index (χ1n) is 7.49. The number of rotatable bonds is 3. The second kappa shape index (κ2) is 6.02. The van der Waals surface area contributed by atoms with Crippen LogP contribution in [0.1, 0.15) is 33.6 Å². The monoisotopic (exact) mass is 288 g/mol. The van der Waals surface area contributed by atoms with Gasteiger partial charge in [0, 0.05) is 6.08 Å². The largest absolute Gasteiger partial charge is 0.478 e. The van der Waals surface area contributed by atoms with Crippen molar-refractivity contribution in [1.29, 1.82) is 0 Å². The molecule has 1 saturated carbocycles. The molecule has 0 aromatic carbocycles. The molecule has 3 nitrogen and oxygen atoms in total. The van der Waals surface area contributed by atoms with Crippen LogP contribution in [0.25, 0.3) is 0 Å². The van der Waals surface area contributed by atoms with Gasteiger partial charge < -0.3 is 10.2 Å². The molecule has 2 aliphatic carbocycles. The Labute approximate surface area is 126 Å². The van der Waals surface area contributed by atoms with Crippen LogP contribution in [0.4, 0.5) is 0 Å². The molecule has 21 heavy (non-hydrogen) atoms. The molecule has 2 rings (SSSR count). The molecule has 0 saturated heterocycles. The van der Waals surface area contributed by atoms with Gasteiger partial charge in [0.15, 0.2) is 0 Å². The van der Waals surface area contributed by atoms with Crippen LogP contribution in [0.3, 0.4) is 0 Å². The van der Waals surface area contributed by atoms with Gasteiger partial charge in [0.1, 0.15) is 0 Å². The van der Waals surface area contributed by atoms with Gasteiger partial charge in [0.2, 0.25) is 0 Å². The van der Waals surface area contributed by atoms with E-state index in [9.17, 15) is 9.90 Å². The molecular formula is C18H24O3. The lowest BCUT2D eigenvalue weighted by Gasteiger charge is -2.45. The first-order valence-corrected chi connectivity index (χ1v) is 7.49. The van der Waals surface area contributed by atoms with Gasteiger partial charge in [-0.2, -0.15) is 0 Å². The van der Waals surface area contributed by atoms with Crippen LogP contribution < -0.4 is 0 Å². The Kier molecular flexibility index (Phi) is 4.52. The summed E-state index contributed by atoms with van der Waals surface area (Å²) >= 11 is 0.